The number of thiazole rings is 1. The van der Waals surface area contributed by atoms with Crippen LogP contribution in [0.15, 0.2) is 28.7 Å². The highest BCUT2D eigenvalue weighted by molar-refractivity contribution is 9.10. The maximum Gasteiger partial charge on any atom is 0.185 e. The minimum Gasteiger partial charge on any atom is -0.391 e. The summed E-state index contributed by atoms with van der Waals surface area (Å²) in [4.78, 5) is 7.68. The van der Waals surface area contributed by atoms with Crippen LogP contribution < -0.4 is 4.90 Å². The second-order valence-corrected chi connectivity index (χ2v) is 6.24. The number of rotatable bonds is 5. The summed E-state index contributed by atoms with van der Waals surface area (Å²) < 4.78 is 1.11. The fraction of sp³-hybridized carbons (Fsp3) is 0.357. The summed E-state index contributed by atoms with van der Waals surface area (Å²) in [6, 6.07) is 8.19. The summed E-state index contributed by atoms with van der Waals surface area (Å²) >= 11 is 5.13. The normalized spacial score (nSPS) is 10.7. The molecule has 0 saturated heterocycles. The molecular formula is C14H17BrN2OS. The molecule has 102 valence electrons. The van der Waals surface area contributed by atoms with Crippen LogP contribution in [0.5, 0.6) is 0 Å². The molecule has 0 radical (unpaired) electrons. The van der Waals surface area contributed by atoms with Crippen molar-refractivity contribution < 1.29 is 5.11 Å². The average molecular weight is 341 g/mol. The van der Waals surface area contributed by atoms with Crippen molar-refractivity contribution in [3.63, 3.8) is 0 Å². The number of aliphatic hydroxyl groups excluding tert-OH is 1. The van der Waals surface area contributed by atoms with Gasteiger partial charge in [-0.15, -0.1) is 0 Å². The Morgan fingerprint density at radius 3 is 2.68 bits per heavy atom. The number of anilines is 1. The maximum absolute atomic E-state index is 9.32. The van der Waals surface area contributed by atoms with Gasteiger partial charge < -0.3 is 10.0 Å². The zero-order chi connectivity index (χ0) is 13.8. The third-order valence-corrected chi connectivity index (χ3v) is 4.91. The molecule has 0 atom stereocenters. The van der Waals surface area contributed by atoms with Crippen molar-refractivity contribution in [1.82, 2.24) is 4.98 Å². The summed E-state index contributed by atoms with van der Waals surface area (Å²) in [7, 11) is 2.03. The summed E-state index contributed by atoms with van der Waals surface area (Å²) in [5.41, 5.74) is 2.23. The molecule has 2 rings (SSSR count). The summed E-state index contributed by atoms with van der Waals surface area (Å²) in [5.74, 6) is 0. The monoisotopic (exact) mass is 340 g/mol. The fourth-order valence-corrected chi connectivity index (χ4v) is 3.26. The van der Waals surface area contributed by atoms with Crippen molar-refractivity contribution in [2.45, 2.75) is 26.5 Å². The zero-order valence-electron chi connectivity index (χ0n) is 11.1. The standard InChI is InChI=1S/C14H17BrN2OS/c1-3-12-13(9-18)19-14(16-12)17(2)8-10-6-4-5-7-11(10)15/h4-7,18H,3,8-9H2,1-2H3. The first-order chi connectivity index (χ1) is 9.15. The maximum atomic E-state index is 9.32. The molecule has 2 aromatic rings. The molecule has 0 amide bonds. The molecule has 0 fully saturated rings. The molecule has 0 aliphatic heterocycles. The Morgan fingerprint density at radius 2 is 2.11 bits per heavy atom. The van der Waals surface area contributed by atoms with Gasteiger partial charge in [0, 0.05) is 18.1 Å². The average Bonchev–Trinajstić information content (AvgIpc) is 2.84. The van der Waals surface area contributed by atoms with E-state index in [2.05, 4.69) is 38.8 Å². The molecule has 0 bridgehead atoms. The van der Waals surface area contributed by atoms with E-state index in [0.29, 0.717) is 0 Å². The Hall–Kier alpha value is -0.910. The number of aryl methyl sites for hydroxylation is 1. The van der Waals surface area contributed by atoms with Gasteiger partial charge in [-0.3, -0.25) is 0 Å². The van der Waals surface area contributed by atoms with Gasteiger partial charge in [0.1, 0.15) is 0 Å². The first-order valence-corrected chi connectivity index (χ1v) is 7.80. The van der Waals surface area contributed by atoms with Crippen LogP contribution in [0.3, 0.4) is 0 Å². The molecule has 1 N–H and O–H groups in total. The lowest BCUT2D eigenvalue weighted by atomic mass is 10.2. The van der Waals surface area contributed by atoms with Crippen molar-refractivity contribution in [3.05, 3.63) is 44.9 Å². The van der Waals surface area contributed by atoms with Crippen LogP contribution in [-0.4, -0.2) is 17.1 Å². The predicted octanol–water partition coefficient (Wildman–Crippen LogP) is 3.60. The van der Waals surface area contributed by atoms with Crippen LogP contribution in [0, 0.1) is 0 Å². The molecule has 0 aliphatic rings. The molecule has 0 spiro atoms. The van der Waals surface area contributed by atoms with E-state index in [9.17, 15) is 5.11 Å². The lowest BCUT2D eigenvalue weighted by Gasteiger charge is -2.16. The van der Waals surface area contributed by atoms with E-state index in [4.69, 9.17) is 0 Å². The molecule has 0 unspecified atom stereocenters. The second kappa shape index (κ2) is 6.50. The number of benzene rings is 1. The Morgan fingerprint density at radius 1 is 1.37 bits per heavy atom. The number of aromatic nitrogens is 1. The van der Waals surface area contributed by atoms with E-state index in [1.807, 2.05) is 25.2 Å². The van der Waals surface area contributed by atoms with Crippen molar-refractivity contribution in [2.75, 3.05) is 11.9 Å². The Balaban J connectivity index is 2.18. The number of hydrogen-bond acceptors (Lipinski definition) is 4. The summed E-state index contributed by atoms with van der Waals surface area (Å²) in [6.07, 6.45) is 0.856. The second-order valence-electron chi connectivity index (χ2n) is 4.33. The molecule has 5 heteroatoms. The number of halogens is 1. The van der Waals surface area contributed by atoms with Crippen molar-refractivity contribution >= 4 is 32.4 Å². The summed E-state index contributed by atoms with van der Waals surface area (Å²) in [6.45, 7) is 2.93. The van der Waals surface area contributed by atoms with Gasteiger partial charge in [0.25, 0.3) is 0 Å². The first-order valence-electron chi connectivity index (χ1n) is 6.19. The van der Waals surface area contributed by atoms with Gasteiger partial charge in [-0.2, -0.15) is 0 Å². The number of aliphatic hydroxyl groups is 1. The predicted molar refractivity (Wildman–Crippen MR) is 83.7 cm³/mol. The molecule has 19 heavy (non-hydrogen) atoms. The van der Waals surface area contributed by atoms with E-state index in [1.165, 1.54) is 5.56 Å². The molecular weight excluding hydrogens is 324 g/mol. The Labute approximate surface area is 126 Å². The molecule has 1 aromatic heterocycles. The lowest BCUT2D eigenvalue weighted by Crippen LogP contribution is -2.16. The lowest BCUT2D eigenvalue weighted by molar-refractivity contribution is 0.284. The van der Waals surface area contributed by atoms with E-state index in [1.54, 1.807) is 11.3 Å². The summed E-state index contributed by atoms with van der Waals surface area (Å²) in [5, 5.41) is 10.3. The third kappa shape index (κ3) is 3.35. The van der Waals surface area contributed by atoms with Gasteiger partial charge in [0.15, 0.2) is 5.13 Å². The van der Waals surface area contributed by atoms with Crippen LogP contribution >= 0.6 is 27.3 Å². The van der Waals surface area contributed by atoms with Gasteiger partial charge in [0.2, 0.25) is 0 Å². The molecule has 0 aliphatic carbocycles. The van der Waals surface area contributed by atoms with Crippen LogP contribution in [0.25, 0.3) is 0 Å². The Kier molecular flexibility index (Phi) is 4.96. The van der Waals surface area contributed by atoms with E-state index >= 15 is 0 Å². The highest BCUT2D eigenvalue weighted by Crippen LogP contribution is 2.28. The van der Waals surface area contributed by atoms with Crippen molar-refractivity contribution in [1.29, 1.82) is 0 Å². The van der Waals surface area contributed by atoms with Crippen LogP contribution in [-0.2, 0) is 19.6 Å². The fourth-order valence-electron chi connectivity index (χ4n) is 1.88. The highest BCUT2D eigenvalue weighted by atomic mass is 79.9. The smallest absolute Gasteiger partial charge is 0.185 e. The van der Waals surface area contributed by atoms with Gasteiger partial charge >= 0.3 is 0 Å². The number of nitrogens with zero attached hydrogens (tertiary/aromatic N) is 2. The zero-order valence-corrected chi connectivity index (χ0v) is 13.5. The Bertz CT molecular complexity index is 535. The topological polar surface area (TPSA) is 36.4 Å². The minimum atomic E-state index is 0.0731. The molecule has 1 heterocycles. The molecule has 1 aromatic carbocycles. The minimum absolute atomic E-state index is 0.0731. The van der Waals surface area contributed by atoms with E-state index in [0.717, 1.165) is 33.1 Å². The van der Waals surface area contributed by atoms with Crippen LogP contribution in [0.4, 0.5) is 5.13 Å². The van der Waals surface area contributed by atoms with E-state index < -0.39 is 0 Å². The van der Waals surface area contributed by atoms with Gasteiger partial charge in [0.05, 0.1) is 17.2 Å². The quantitative estimate of drug-likeness (QED) is 0.903. The molecule has 3 nitrogen and oxygen atoms in total. The first kappa shape index (κ1) is 14.5. The van der Waals surface area contributed by atoms with Gasteiger partial charge in [-0.1, -0.05) is 52.4 Å². The highest BCUT2D eigenvalue weighted by Gasteiger charge is 2.13. The number of hydrogen-bond donors (Lipinski definition) is 1. The van der Waals surface area contributed by atoms with Crippen molar-refractivity contribution in [2.24, 2.45) is 0 Å². The van der Waals surface area contributed by atoms with Gasteiger partial charge in [-0.25, -0.2) is 4.98 Å². The third-order valence-electron chi connectivity index (χ3n) is 2.94. The largest absolute Gasteiger partial charge is 0.391 e. The van der Waals surface area contributed by atoms with E-state index in [-0.39, 0.29) is 6.61 Å². The van der Waals surface area contributed by atoms with Crippen molar-refractivity contribution in [3.8, 4) is 0 Å². The SMILES string of the molecule is CCc1nc(N(C)Cc2ccccc2Br)sc1CO. The van der Waals surface area contributed by atoms with Gasteiger partial charge in [-0.05, 0) is 18.1 Å². The van der Waals surface area contributed by atoms with Crippen LogP contribution in [0.1, 0.15) is 23.1 Å². The van der Waals surface area contributed by atoms with Crippen LogP contribution in [0.2, 0.25) is 0 Å². The molecule has 0 saturated carbocycles.